The molecule has 0 aliphatic heterocycles. The van der Waals surface area contributed by atoms with E-state index in [2.05, 4.69) is 0 Å². The highest BCUT2D eigenvalue weighted by Gasteiger charge is 2.48. The molecule has 1 aliphatic carbocycles. The molecule has 1 fully saturated rings. The number of methoxy groups -OCH3 is 1. The van der Waals surface area contributed by atoms with Gasteiger partial charge in [0, 0.05) is 11.5 Å². The van der Waals surface area contributed by atoms with Crippen LogP contribution in [0.4, 0.5) is 8.78 Å². The van der Waals surface area contributed by atoms with Crippen molar-refractivity contribution in [2.75, 3.05) is 7.11 Å². The fourth-order valence-corrected chi connectivity index (χ4v) is 2.35. The van der Waals surface area contributed by atoms with Gasteiger partial charge in [-0.05, 0) is 48.9 Å². The van der Waals surface area contributed by atoms with Crippen molar-refractivity contribution in [3.63, 3.8) is 0 Å². The molecule has 0 amide bonds. The first kappa shape index (κ1) is 13.3. The summed E-state index contributed by atoms with van der Waals surface area (Å²) in [5, 5.41) is 0. The number of benzene rings is 1. The molecule has 0 bridgehead atoms. The van der Waals surface area contributed by atoms with Crippen LogP contribution in [-0.2, 0) is 5.92 Å². The zero-order chi connectivity index (χ0) is 13.5. The molecule has 18 heavy (non-hydrogen) atoms. The SMILES string of the molecule is COc1cc(C)c(C(F)(F)C2CC2)cc1C(C)C. The molecule has 0 atom stereocenters. The zero-order valence-electron chi connectivity index (χ0n) is 11.4. The summed E-state index contributed by atoms with van der Waals surface area (Å²) in [5.41, 5.74) is 1.65. The lowest BCUT2D eigenvalue weighted by Gasteiger charge is -2.22. The van der Waals surface area contributed by atoms with E-state index in [9.17, 15) is 8.78 Å². The summed E-state index contributed by atoms with van der Waals surface area (Å²) in [6.07, 6.45) is 1.27. The predicted octanol–water partition coefficient (Wildman–Crippen LogP) is 4.63. The van der Waals surface area contributed by atoms with E-state index in [1.54, 1.807) is 26.2 Å². The molecule has 0 heterocycles. The van der Waals surface area contributed by atoms with E-state index in [1.807, 2.05) is 13.8 Å². The minimum Gasteiger partial charge on any atom is -0.496 e. The van der Waals surface area contributed by atoms with Crippen LogP contribution in [0.2, 0.25) is 0 Å². The van der Waals surface area contributed by atoms with Crippen molar-refractivity contribution in [3.8, 4) is 5.75 Å². The van der Waals surface area contributed by atoms with Crippen LogP contribution in [0.5, 0.6) is 5.75 Å². The van der Waals surface area contributed by atoms with Crippen molar-refractivity contribution in [3.05, 3.63) is 28.8 Å². The van der Waals surface area contributed by atoms with Crippen molar-refractivity contribution in [2.24, 2.45) is 5.92 Å². The Kier molecular flexibility index (Phi) is 3.35. The van der Waals surface area contributed by atoms with Crippen LogP contribution in [0.3, 0.4) is 0 Å². The van der Waals surface area contributed by atoms with Crippen LogP contribution < -0.4 is 4.74 Å². The maximum atomic E-state index is 14.2. The molecular formula is C15H20F2O. The lowest BCUT2D eigenvalue weighted by atomic mass is 9.92. The summed E-state index contributed by atoms with van der Waals surface area (Å²) in [4.78, 5) is 0. The van der Waals surface area contributed by atoms with Gasteiger partial charge in [0.25, 0.3) is 5.92 Å². The zero-order valence-corrected chi connectivity index (χ0v) is 11.4. The molecule has 1 nitrogen and oxygen atoms in total. The van der Waals surface area contributed by atoms with E-state index in [-0.39, 0.29) is 11.5 Å². The smallest absolute Gasteiger partial charge is 0.276 e. The second-order valence-electron chi connectivity index (χ2n) is 5.46. The Bertz CT molecular complexity index is 448. The predicted molar refractivity (Wildman–Crippen MR) is 68.4 cm³/mol. The fourth-order valence-electron chi connectivity index (χ4n) is 2.35. The van der Waals surface area contributed by atoms with Gasteiger partial charge in [0.15, 0.2) is 0 Å². The van der Waals surface area contributed by atoms with Gasteiger partial charge in [0.2, 0.25) is 0 Å². The van der Waals surface area contributed by atoms with Crippen molar-refractivity contribution in [1.29, 1.82) is 0 Å². The van der Waals surface area contributed by atoms with Gasteiger partial charge < -0.3 is 4.74 Å². The number of alkyl halides is 2. The molecule has 0 spiro atoms. The summed E-state index contributed by atoms with van der Waals surface area (Å²) in [5.74, 6) is -2.28. The highest BCUT2D eigenvalue weighted by molar-refractivity contribution is 5.46. The molecule has 100 valence electrons. The van der Waals surface area contributed by atoms with Gasteiger partial charge in [-0.3, -0.25) is 0 Å². The summed E-state index contributed by atoms with van der Waals surface area (Å²) >= 11 is 0. The molecule has 0 radical (unpaired) electrons. The fraction of sp³-hybridized carbons (Fsp3) is 0.600. The second-order valence-corrected chi connectivity index (χ2v) is 5.46. The van der Waals surface area contributed by atoms with E-state index < -0.39 is 11.8 Å². The Balaban J connectivity index is 2.51. The third-order valence-electron chi connectivity index (χ3n) is 3.65. The Hall–Kier alpha value is -1.12. The molecule has 0 unspecified atom stereocenters. The van der Waals surface area contributed by atoms with Gasteiger partial charge in [-0.25, -0.2) is 8.78 Å². The van der Waals surface area contributed by atoms with E-state index in [0.717, 1.165) is 5.56 Å². The molecule has 0 saturated heterocycles. The molecule has 1 aromatic rings. The Morgan fingerprint density at radius 2 is 1.89 bits per heavy atom. The number of aryl methyl sites for hydroxylation is 1. The number of halogens is 2. The quantitative estimate of drug-likeness (QED) is 0.761. The molecule has 2 rings (SSSR count). The highest BCUT2D eigenvalue weighted by atomic mass is 19.3. The molecule has 1 aliphatic rings. The maximum Gasteiger partial charge on any atom is 0.276 e. The lowest BCUT2D eigenvalue weighted by molar-refractivity contribution is -0.0292. The van der Waals surface area contributed by atoms with E-state index in [4.69, 9.17) is 4.74 Å². The monoisotopic (exact) mass is 254 g/mol. The second kappa shape index (κ2) is 4.52. The summed E-state index contributed by atoms with van der Waals surface area (Å²) < 4.78 is 33.8. The van der Waals surface area contributed by atoms with Crippen LogP contribution in [0.15, 0.2) is 12.1 Å². The first-order valence-electron chi connectivity index (χ1n) is 6.44. The van der Waals surface area contributed by atoms with Crippen molar-refractivity contribution in [1.82, 2.24) is 0 Å². The van der Waals surface area contributed by atoms with Gasteiger partial charge in [-0.15, -0.1) is 0 Å². The number of hydrogen-bond acceptors (Lipinski definition) is 1. The van der Waals surface area contributed by atoms with Gasteiger partial charge in [0.05, 0.1) is 7.11 Å². The number of ether oxygens (including phenoxy) is 1. The average Bonchev–Trinajstić information content (AvgIpc) is 3.11. The average molecular weight is 254 g/mol. The van der Waals surface area contributed by atoms with Crippen molar-refractivity contribution < 1.29 is 13.5 Å². The Morgan fingerprint density at radius 1 is 1.28 bits per heavy atom. The number of rotatable bonds is 4. The van der Waals surface area contributed by atoms with Crippen LogP contribution >= 0.6 is 0 Å². The summed E-state index contributed by atoms with van der Waals surface area (Å²) in [6, 6.07) is 3.37. The van der Waals surface area contributed by atoms with E-state index in [0.29, 0.717) is 24.2 Å². The lowest BCUT2D eigenvalue weighted by Crippen LogP contribution is -2.18. The normalized spacial score (nSPS) is 16.2. The third-order valence-corrected chi connectivity index (χ3v) is 3.65. The Morgan fingerprint density at radius 3 is 2.33 bits per heavy atom. The van der Waals surface area contributed by atoms with E-state index in [1.165, 1.54) is 0 Å². The highest BCUT2D eigenvalue weighted by Crippen LogP contribution is 2.51. The van der Waals surface area contributed by atoms with Gasteiger partial charge in [-0.2, -0.15) is 0 Å². The first-order chi connectivity index (χ1) is 8.37. The van der Waals surface area contributed by atoms with Gasteiger partial charge in [-0.1, -0.05) is 13.8 Å². The van der Waals surface area contributed by atoms with Crippen molar-refractivity contribution in [2.45, 2.75) is 45.5 Å². The minimum absolute atomic E-state index is 0.175. The third kappa shape index (κ3) is 2.23. The van der Waals surface area contributed by atoms with Crippen LogP contribution in [0.25, 0.3) is 0 Å². The van der Waals surface area contributed by atoms with Crippen LogP contribution in [-0.4, -0.2) is 7.11 Å². The molecule has 3 heteroatoms. The molecule has 0 aromatic heterocycles. The largest absolute Gasteiger partial charge is 0.496 e. The minimum atomic E-state index is -2.69. The van der Waals surface area contributed by atoms with Crippen LogP contribution in [0, 0.1) is 12.8 Å². The molecule has 1 aromatic carbocycles. The summed E-state index contributed by atoms with van der Waals surface area (Å²) in [7, 11) is 1.58. The number of hydrogen-bond donors (Lipinski definition) is 0. The first-order valence-corrected chi connectivity index (χ1v) is 6.44. The van der Waals surface area contributed by atoms with Crippen LogP contribution in [0.1, 0.15) is 49.3 Å². The molecule has 1 saturated carbocycles. The summed E-state index contributed by atoms with van der Waals surface area (Å²) in [6.45, 7) is 5.72. The molecular weight excluding hydrogens is 234 g/mol. The van der Waals surface area contributed by atoms with E-state index >= 15 is 0 Å². The van der Waals surface area contributed by atoms with Gasteiger partial charge >= 0.3 is 0 Å². The Labute approximate surface area is 107 Å². The van der Waals surface area contributed by atoms with Crippen molar-refractivity contribution >= 4 is 0 Å². The van der Waals surface area contributed by atoms with Gasteiger partial charge in [0.1, 0.15) is 5.75 Å². The molecule has 0 N–H and O–H groups in total. The maximum absolute atomic E-state index is 14.2. The standard InChI is InChI=1S/C15H20F2O/c1-9(2)12-8-13(10(3)7-14(12)18-4)15(16,17)11-5-6-11/h7-9,11H,5-6H2,1-4H3. The topological polar surface area (TPSA) is 9.23 Å².